The molecule has 0 amide bonds. The molecule has 0 aromatic carbocycles. The second kappa shape index (κ2) is 7.26. The number of rotatable bonds is 7. The van der Waals surface area contributed by atoms with Crippen LogP contribution in [0.15, 0.2) is 16.1 Å². The minimum absolute atomic E-state index is 0.153. The molecule has 0 aliphatic carbocycles. The van der Waals surface area contributed by atoms with Crippen LogP contribution in [0.2, 0.25) is 0 Å². The zero-order chi connectivity index (χ0) is 15.2. The predicted molar refractivity (Wildman–Crippen MR) is 80.3 cm³/mol. The van der Waals surface area contributed by atoms with Gasteiger partial charge >= 0.3 is 5.97 Å². The van der Waals surface area contributed by atoms with Crippen molar-refractivity contribution in [1.82, 2.24) is 19.7 Å². The molecule has 2 aromatic rings. The van der Waals surface area contributed by atoms with Crippen molar-refractivity contribution in [3.05, 3.63) is 16.7 Å². The summed E-state index contributed by atoms with van der Waals surface area (Å²) >= 11 is 1.55. The molecule has 0 saturated heterocycles. The van der Waals surface area contributed by atoms with Gasteiger partial charge in [-0.25, -0.2) is 9.97 Å². The van der Waals surface area contributed by atoms with Crippen molar-refractivity contribution in [2.24, 2.45) is 7.05 Å². The molecule has 0 aliphatic rings. The fraction of sp³-hybridized carbons (Fsp3) is 0.538. The van der Waals surface area contributed by atoms with Gasteiger partial charge in [0.25, 0.3) is 5.56 Å². The Morgan fingerprint density at radius 1 is 1.43 bits per heavy atom. The molecule has 0 fully saturated rings. The Balaban J connectivity index is 1.88. The Bertz CT molecular complexity index is 680. The van der Waals surface area contributed by atoms with E-state index < -0.39 is 0 Å². The highest BCUT2D eigenvalue weighted by Crippen LogP contribution is 2.22. The minimum Gasteiger partial charge on any atom is -0.466 e. The lowest BCUT2D eigenvalue weighted by atomic mass is 10.2. The lowest BCUT2D eigenvalue weighted by Gasteiger charge is -2.02. The summed E-state index contributed by atoms with van der Waals surface area (Å²) in [6.45, 7) is 2.22. The van der Waals surface area contributed by atoms with Crippen molar-refractivity contribution >= 4 is 28.8 Å². The maximum Gasteiger partial charge on any atom is 0.305 e. The molecular weight excluding hydrogens is 292 g/mol. The fourth-order valence-corrected chi connectivity index (χ4v) is 2.84. The SMILES string of the molecule is CCOC(=O)CCCCSc1ncnc2c(=O)n(C)[nH]c12. The summed E-state index contributed by atoms with van der Waals surface area (Å²) in [5.41, 5.74) is 0.915. The number of nitrogens with one attached hydrogen (secondary N) is 1. The van der Waals surface area contributed by atoms with Crippen molar-refractivity contribution < 1.29 is 9.53 Å². The highest BCUT2D eigenvalue weighted by atomic mass is 32.2. The Kier molecular flexibility index (Phi) is 5.38. The first-order valence-electron chi connectivity index (χ1n) is 6.81. The quantitative estimate of drug-likeness (QED) is 0.360. The number of nitrogens with zero attached hydrogens (tertiary/aromatic N) is 3. The normalized spacial score (nSPS) is 11.0. The highest BCUT2D eigenvalue weighted by Gasteiger charge is 2.11. The van der Waals surface area contributed by atoms with Gasteiger partial charge in [-0.3, -0.25) is 19.4 Å². The Morgan fingerprint density at radius 2 is 2.24 bits per heavy atom. The first-order valence-corrected chi connectivity index (χ1v) is 7.80. The number of fused-ring (bicyclic) bond motifs is 1. The third-order valence-electron chi connectivity index (χ3n) is 2.92. The van der Waals surface area contributed by atoms with Crippen molar-refractivity contribution in [3.63, 3.8) is 0 Å². The van der Waals surface area contributed by atoms with Crippen LogP contribution in [-0.4, -0.2) is 38.1 Å². The third-order valence-corrected chi connectivity index (χ3v) is 3.99. The molecule has 0 atom stereocenters. The maximum atomic E-state index is 11.8. The molecule has 1 N–H and O–H groups in total. The first kappa shape index (κ1) is 15.6. The van der Waals surface area contributed by atoms with Crippen LogP contribution in [-0.2, 0) is 16.6 Å². The standard InChI is InChI=1S/C13H18N4O3S/c1-3-20-9(18)6-4-5-7-21-12-10-11(14-8-15-12)13(19)17(2)16-10/h8,16H,3-7H2,1-2H3. The molecule has 0 saturated carbocycles. The number of thioether (sulfide) groups is 1. The number of aromatic nitrogens is 4. The van der Waals surface area contributed by atoms with Crippen molar-refractivity contribution in [2.75, 3.05) is 12.4 Å². The summed E-state index contributed by atoms with van der Waals surface area (Å²) in [5.74, 6) is 0.668. The molecule has 0 unspecified atom stereocenters. The van der Waals surface area contributed by atoms with Crippen LogP contribution in [0.3, 0.4) is 0 Å². The zero-order valence-electron chi connectivity index (χ0n) is 12.1. The van der Waals surface area contributed by atoms with E-state index in [9.17, 15) is 9.59 Å². The molecule has 8 heteroatoms. The molecule has 0 aliphatic heterocycles. The zero-order valence-corrected chi connectivity index (χ0v) is 12.9. The molecule has 0 spiro atoms. The van der Waals surface area contributed by atoms with Crippen molar-refractivity contribution in [2.45, 2.75) is 31.2 Å². The summed E-state index contributed by atoms with van der Waals surface area (Å²) in [6.07, 6.45) is 3.51. The van der Waals surface area contributed by atoms with Gasteiger partial charge in [-0.2, -0.15) is 0 Å². The van der Waals surface area contributed by atoms with Crippen LogP contribution in [0, 0.1) is 0 Å². The van der Waals surface area contributed by atoms with Gasteiger partial charge in [0.1, 0.15) is 16.9 Å². The summed E-state index contributed by atoms with van der Waals surface area (Å²) in [4.78, 5) is 31.2. The third kappa shape index (κ3) is 3.84. The number of hydrogen-bond acceptors (Lipinski definition) is 6. The number of H-pyrrole nitrogens is 1. The lowest BCUT2D eigenvalue weighted by molar-refractivity contribution is -0.143. The number of aryl methyl sites for hydroxylation is 1. The summed E-state index contributed by atoms with van der Waals surface area (Å²) in [7, 11) is 1.65. The summed E-state index contributed by atoms with van der Waals surface area (Å²) in [5, 5.41) is 3.71. The number of carbonyl (C=O) groups is 1. The van der Waals surface area contributed by atoms with Crippen LogP contribution in [0.1, 0.15) is 26.2 Å². The van der Waals surface area contributed by atoms with Crippen molar-refractivity contribution in [3.8, 4) is 0 Å². The second-order valence-corrected chi connectivity index (χ2v) is 5.57. The van der Waals surface area contributed by atoms with Gasteiger partial charge in [0.15, 0.2) is 5.52 Å². The van der Waals surface area contributed by atoms with Crippen LogP contribution >= 0.6 is 11.8 Å². The van der Waals surface area contributed by atoms with E-state index in [2.05, 4.69) is 15.1 Å². The summed E-state index contributed by atoms with van der Waals surface area (Å²) < 4.78 is 6.26. The largest absolute Gasteiger partial charge is 0.466 e. The van der Waals surface area contributed by atoms with Crippen LogP contribution in [0.4, 0.5) is 0 Å². The fourth-order valence-electron chi connectivity index (χ4n) is 1.89. The number of carbonyl (C=O) groups excluding carboxylic acids is 1. The molecule has 7 nitrogen and oxygen atoms in total. The number of ether oxygens (including phenoxy) is 1. The monoisotopic (exact) mass is 310 g/mol. The predicted octanol–water partition coefficient (Wildman–Crippen LogP) is 1.48. The van der Waals surface area contributed by atoms with Gasteiger partial charge in [-0.15, -0.1) is 11.8 Å². The maximum absolute atomic E-state index is 11.8. The topological polar surface area (TPSA) is 89.9 Å². The molecular formula is C13H18N4O3S. The van der Waals surface area contributed by atoms with Gasteiger partial charge in [-0.1, -0.05) is 0 Å². The molecule has 0 bridgehead atoms. The smallest absolute Gasteiger partial charge is 0.305 e. The first-order chi connectivity index (χ1) is 10.1. The highest BCUT2D eigenvalue weighted by molar-refractivity contribution is 7.99. The van der Waals surface area contributed by atoms with Gasteiger partial charge in [0, 0.05) is 13.5 Å². The molecule has 2 aromatic heterocycles. The van der Waals surface area contributed by atoms with E-state index in [0.29, 0.717) is 24.1 Å². The number of esters is 1. The van der Waals surface area contributed by atoms with E-state index in [1.54, 1.807) is 25.7 Å². The molecule has 21 heavy (non-hydrogen) atoms. The van der Waals surface area contributed by atoms with Gasteiger partial charge < -0.3 is 4.74 Å². The Hall–Kier alpha value is -1.83. The van der Waals surface area contributed by atoms with Crippen LogP contribution < -0.4 is 5.56 Å². The van der Waals surface area contributed by atoms with Crippen LogP contribution in [0.25, 0.3) is 11.0 Å². The molecule has 2 rings (SSSR count). The van der Waals surface area contributed by atoms with E-state index >= 15 is 0 Å². The minimum atomic E-state index is -0.156. The lowest BCUT2D eigenvalue weighted by Crippen LogP contribution is -2.11. The molecule has 114 valence electrons. The molecule has 0 radical (unpaired) electrons. The second-order valence-electron chi connectivity index (χ2n) is 4.49. The van der Waals surface area contributed by atoms with E-state index in [-0.39, 0.29) is 11.5 Å². The van der Waals surface area contributed by atoms with Gasteiger partial charge in [0.2, 0.25) is 0 Å². The average molecular weight is 310 g/mol. The number of aromatic amines is 1. The van der Waals surface area contributed by atoms with E-state index in [1.807, 2.05) is 0 Å². The number of hydrogen-bond donors (Lipinski definition) is 1. The summed E-state index contributed by atoms with van der Waals surface area (Å²) in [6, 6.07) is 0. The van der Waals surface area contributed by atoms with Gasteiger partial charge in [0.05, 0.1) is 6.61 Å². The average Bonchev–Trinajstić information content (AvgIpc) is 2.75. The van der Waals surface area contributed by atoms with E-state index in [1.165, 1.54) is 11.0 Å². The Labute approximate surface area is 126 Å². The van der Waals surface area contributed by atoms with Gasteiger partial charge in [-0.05, 0) is 25.5 Å². The number of unbranched alkanes of at least 4 members (excludes halogenated alkanes) is 1. The van der Waals surface area contributed by atoms with Crippen LogP contribution in [0.5, 0.6) is 0 Å². The van der Waals surface area contributed by atoms with E-state index in [0.717, 1.165) is 23.6 Å². The molecule has 2 heterocycles. The van der Waals surface area contributed by atoms with E-state index in [4.69, 9.17) is 4.74 Å². The Morgan fingerprint density at radius 3 is 3.00 bits per heavy atom. The van der Waals surface area contributed by atoms with Crippen molar-refractivity contribution in [1.29, 1.82) is 0 Å².